The zero-order chi connectivity index (χ0) is 20.1. The second-order valence-corrected chi connectivity index (χ2v) is 6.80. The van der Waals surface area contributed by atoms with Crippen molar-refractivity contribution in [3.8, 4) is 11.3 Å². The van der Waals surface area contributed by atoms with Crippen molar-refractivity contribution in [3.63, 3.8) is 0 Å². The minimum Gasteiger partial charge on any atom is -0.328 e. The number of Topliss-reactive ketones (excluding diaryl/α,β-unsaturated/α-hetero) is 1. The van der Waals surface area contributed by atoms with Crippen LogP contribution in [0.25, 0.3) is 11.3 Å². The quantitative estimate of drug-likeness (QED) is 0.588. The van der Waals surface area contributed by atoms with Gasteiger partial charge in [-0.2, -0.15) is 5.10 Å². The predicted molar refractivity (Wildman–Crippen MR) is 106 cm³/mol. The first kappa shape index (κ1) is 19.6. The van der Waals surface area contributed by atoms with E-state index in [1.165, 1.54) is 12.1 Å². The van der Waals surface area contributed by atoms with E-state index in [0.717, 1.165) is 16.8 Å². The Bertz CT molecular complexity index is 964. The van der Waals surface area contributed by atoms with Gasteiger partial charge in [-0.05, 0) is 42.8 Å². The highest BCUT2D eigenvalue weighted by Crippen LogP contribution is 2.21. The Morgan fingerprint density at radius 2 is 1.89 bits per heavy atom. The molecule has 0 radical (unpaired) electrons. The molecule has 0 aliphatic heterocycles. The maximum Gasteiger partial charge on any atom is 0.197 e. The smallest absolute Gasteiger partial charge is 0.197 e. The first-order chi connectivity index (χ1) is 13.4. The predicted octanol–water partition coefficient (Wildman–Crippen LogP) is 3.00. The average Bonchev–Trinajstić information content (AvgIpc) is 3.06. The summed E-state index contributed by atoms with van der Waals surface area (Å²) in [5, 5.41) is 12.5. The summed E-state index contributed by atoms with van der Waals surface area (Å²) in [4.78, 5) is 16.5. The van der Waals surface area contributed by atoms with Crippen LogP contribution in [0.3, 0.4) is 0 Å². The number of benzene rings is 1. The lowest BCUT2D eigenvalue weighted by molar-refractivity contribution is -0.113. The Morgan fingerprint density at radius 1 is 1.21 bits per heavy atom. The summed E-state index contributed by atoms with van der Waals surface area (Å²) < 4.78 is 14.8. The van der Waals surface area contributed by atoms with E-state index in [1.54, 1.807) is 36.1 Å². The van der Waals surface area contributed by atoms with Crippen LogP contribution in [0.5, 0.6) is 0 Å². The molecule has 0 saturated carbocycles. The molecule has 3 aromatic rings. The van der Waals surface area contributed by atoms with Gasteiger partial charge in [-0.15, -0.1) is 0 Å². The number of ketones is 1. The highest BCUT2D eigenvalue weighted by molar-refractivity contribution is 6.38. The molecule has 6 nitrogen and oxygen atoms in total. The molecular formula is C21H22FN5O. The molecule has 0 spiro atoms. The molecule has 0 aliphatic rings. The highest BCUT2D eigenvalue weighted by Gasteiger charge is 2.17. The van der Waals surface area contributed by atoms with E-state index < -0.39 is 0 Å². The van der Waals surface area contributed by atoms with E-state index in [1.807, 2.05) is 18.2 Å². The zero-order valence-corrected chi connectivity index (χ0v) is 15.6. The highest BCUT2D eigenvalue weighted by atomic mass is 19.1. The van der Waals surface area contributed by atoms with Crippen LogP contribution in [0.15, 0.2) is 54.9 Å². The van der Waals surface area contributed by atoms with E-state index in [2.05, 4.69) is 10.1 Å². The fourth-order valence-electron chi connectivity index (χ4n) is 2.88. The second-order valence-electron chi connectivity index (χ2n) is 6.80. The molecule has 144 valence electrons. The number of aromatic nitrogens is 3. The molecule has 2 aromatic heterocycles. The van der Waals surface area contributed by atoms with Crippen molar-refractivity contribution >= 4 is 11.5 Å². The third kappa shape index (κ3) is 4.95. The fourth-order valence-corrected chi connectivity index (χ4v) is 2.88. The van der Waals surface area contributed by atoms with Gasteiger partial charge in [0.15, 0.2) is 5.78 Å². The molecular weight excluding hydrogens is 357 g/mol. The molecule has 1 unspecified atom stereocenters. The fraction of sp³-hybridized carbons (Fsp3) is 0.238. The van der Waals surface area contributed by atoms with Crippen molar-refractivity contribution in [3.05, 3.63) is 71.9 Å². The van der Waals surface area contributed by atoms with Crippen molar-refractivity contribution in [1.82, 2.24) is 14.8 Å². The number of nitrogens with one attached hydrogen (secondary N) is 1. The Hall–Kier alpha value is -3.19. The Labute approximate surface area is 162 Å². The minimum absolute atomic E-state index is 0.0105. The monoisotopic (exact) mass is 379 g/mol. The van der Waals surface area contributed by atoms with Crippen LogP contribution in [-0.4, -0.2) is 32.3 Å². The number of hydrogen-bond donors (Lipinski definition) is 2. The number of nitrogens with zero attached hydrogens (tertiary/aromatic N) is 3. The van der Waals surface area contributed by atoms with Crippen LogP contribution < -0.4 is 5.73 Å². The van der Waals surface area contributed by atoms with Gasteiger partial charge in [-0.1, -0.05) is 12.1 Å². The summed E-state index contributed by atoms with van der Waals surface area (Å²) in [6.45, 7) is 1.73. The molecule has 3 N–H and O–H groups in total. The topological polar surface area (TPSA) is 97.7 Å². The Morgan fingerprint density at radius 3 is 2.54 bits per heavy atom. The lowest BCUT2D eigenvalue weighted by atomic mass is 10.1. The maximum atomic E-state index is 13.2. The first-order valence-electron chi connectivity index (χ1n) is 9.00. The third-order valence-electron chi connectivity index (χ3n) is 4.29. The van der Waals surface area contributed by atoms with Gasteiger partial charge in [-0.25, -0.2) is 4.39 Å². The van der Waals surface area contributed by atoms with Gasteiger partial charge in [0.1, 0.15) is 12.4 Å². The largest absolute Gasteiger partial charge is 0.328 e. The van der Waals surface area contributed by atoms with Crippen LogP contribution in [0.2, 0.25) is 0 Å². The van der Waals surface area contributed by atoms with Crippen LogP contribution in [0.4, 0.5) is 4.39 Å². The summed E-state index contributed by atoms with van der Waals surface area (Å²) >= 11 is 0. The summed E-state index contributed by atoms with van der Waals surface area (Å²) in [6.07, 6.45) is 4.08. The van der Waals surface area contributed by atoms with E-state index in [4.69, 9.17) is 11.1 Å². The molecule has 0 aliphatic carbocycles. The van der Waals surface area contributed by atoms with Gasteiger partial charge < -0.3 is 11.1 Å². The molecule has 1 atom stereocenters. The molecule has 3 rings (SSSR count). The maximum absolute atomic E-state index is 13.2. The third-order valence-corrected chi connectivity index (χ3v) is 4.29. The first-order valence-corrected chi connectivity index (χ1v) is 9.00. The van der Waals surface area contributed by atoms with Crippen LogP contribution in [-0.2, 0) is 17.8 Å². The van der Waals surface area contributed by atoms with Crippen molar-refractivity contribution in [2.24, 2.45) is 5.73 Å². The van der Waals surface area contributed by atoms with E-state index in [-0.39, 0.29) is 36.3 Å². The molecule has 7 heteroatoms. The van der Waals surface area contributed by atoms with E-state index in [9.17, 15) is 9.18 Å². The van der Waals surface area contributed by atoms with Gasteiger partial charge in [0, 0.05) is 42.5 Å². The molecule has 0 saturated heterocycles. The summed E-state index contributed by atoms with van der Waals surface area (Å²) in [6, 6.07) is 11.6. The number of pyridine rings is 1. The van der Waals surface area contributed by atoms with Gasteiger partial charge in [-0.3, -0.25) is 14.5 Å². The number of rotatable bonds is 8. The molecule has 1 aromatic carbocycles. The number of hydrogen-bond acceptors (Lipinski definition) is 5. The Kier molecular flexibility index (Phi) is 6.06. The number of carbonyl (C=O) groups is 1. The molecule has 0 amide bonds. The van der Waals surface area contributed by atoms with Gasteiger partial charge in [0.05, 0.1) is 11.4 Å². The van der Waals surface area contributed by atoms with Crippen molar-refractivity contribution < 1.29 is 9.18 Å². The standard InChI is InChI=1S/C21H22FN5O/c1-14(23)10-19(24)21(28)13-27-18(11-15-2-4-17(22)5-3-15)12-20(26-27)16-6-8-25-9-7-16/h2-9,12,14,24H,10-11,13,23H2,1H3. The van der Waals surface area contributed by atoms with Crippen LogP contribution >= 0.6 is 0 Å². The van der Waals surface area contributed by atoms with Gasteiger partial charge in [0.2, 0.25) is 0 Å². The molecule has 0 fully saturated rings. The lowest BCUT2D eigenvalue weighted by Crippen LogP contribution is -2.27. The molecule has 0 bridgehead atoms. The second kappa shape index (κ2) is 8.67. The normalized spacial score (nSPS) is 12.0. The summed E-state index contributed by atoms with van der Waals surface area (Å²) in [5.41, 5.74) is 8.99. The molecule has 2 heterocycles. The van der Waals surface area contributed by atoms with Gasteiger partial charge >= 0.3 is 0 Å². The van der Waals surface area contributed by atoms with E-state index in [0.29, 0.717) is 12.1 Å². The lowest BCUT2D eigenvalue weighted by Gasteiger charge is -2.09. The molecule has 28 heavy (non-hydrogen) atoms. The van der Waals surface area contributed by atoms with Crippen molar-refractivity contribution in [2.75, 3.05) is 0 Å². The van der Waals surface area contributed by atoms with Crippen molar-refractivity contribution in [2.45, 2.75) is 32.4 Å². The number of halogens is 1. The number of carbonyl (C=O) groups excluding carboxylic acids is 1. The zero-order valence-electron chi connectivity index (χ0n) is 15.6. The minimum atomic E-state index is -0.318. The summed E-state index contributed by atoms with van der Waals surface area (Å²) in [5.74, 6) is -0.615. The van der Waals surface area contributed by atoms with Gasteiger partial charge in [0.25, 0.3) is 0 Å². The number of nitrogens with two attached hydrogens (primary N) is 1. The van der Waals surface area contributed by atoms with Crippen LogP contribution in [0.1, 0.15) is 24.6 Å². The Balaban J connectivity index is 1.89. The SMILES string of the molecule is CC(N)CC(=N)C(=O)Cn1nc(-c2ccncc2)cc1Cc1ccc(F)cc1. The van der Waals surface area contributed by atoms with Crippen LogP contribution in [0, 0.1) is 11.2 Å². The average molecular weight is 379 g/mol. The van der Waals surface area contributed by atoms with Crippen molar-refractivity contribution in [1.29, 1.82) is 5.41 Å². The van der Waals surface area contributed by atoms with E-state index >= 15 is 0 Å². The summed E-state index contributed by atoms with van der Waals surface area (Å²) in [7, 11) is 0.